The highest BCUT2D eigenvalue weighted by molar-refractivity contribution is 5.95. The monoisotopic (exact) mass is 406 g/mol. The molecule has 8 heteroatoms. The Morgan fingerprint density at radius 3 is 2.03 bits per heavy atom. The van der Waals surface area contributed by atoms with E-state index in [2.05, 4.69) is 5.32 Å². The molecule has 2 amide bonds. The number of alkyl halides is 3. The minimum absolute atomic E-state index is 0.0832. The fraction of sp³-hybridized carbons (Fsp3) is 0.333. The summed E-state index contributed by atoms with van der Waals surface area (Å²) in [5.74, 6) is 0.171. The number of rotatable bonds is 4. The van der Waals surface area contributed by atoms with Gasteiger partial charge < -0.3 is 15.0 Å². The Bertz CT molecular complexity index is 856. The SMILES string of the molecule is COc1ccc(C(=O)N2CCC(NC(=O)c3ccc(C(F)(F)F)cc3)CC2)cc1. The summed E-state index contributed by atoms with van der Waals surface area (Å²) < 4.78 is 42.9. The number of hydrogen-bond acceptors (Lipinski definition) is 3. The summed E-state index contributed by atoms with van der Waals surface area (Å²) in [6.45, 7) is 0.978. The maximum Gasteiger partial charge on any atom is 0.416 e. The van der Waals surface area contributed by atoms with Gasteiger partial charge in [0.25, 0.3) is 11.8 Å². The number of methoxy groups -OCH3 is 1. The van der Waals surface area contributed by atoms with Crippen LogP contribution < -0.4 is 10.1 Å². The number of likely N-dealkylation sites (tertiary alicyclic amines) is 1. The largest absolute Gasteiger partial charge is 0.497 e. The molecule has 1 saturated heterocycles. The van der Waals surface area contributed by atoms with Crippen LogP contribution in [-0.2, 0) is 6.18 Å². The van der Waals surface area contributed by atoms with E-state index in [-0.39, 0.29) is 17.5 Å². The van der Waals surface area contributed by atoms with Gasteiger partial charge in [-0.25, -0.2) is 0 Å². The number of ether oxygens (including phenoxy) is 1. The van der Waals surface area contributed by atoms with Crippen LogP contribution in [0.3, 0.4) is 0 Å². The van der Waals surface area contributed by atoms with Crippen molar-refractivity contribution in [3.05, 3.63) is 65.2 Å². The molecule has 0 radical (unpaired) electrons. The van der Waals surface area contributed by atoms with Gasteiger partial charge in [0.05, 0.1) is 12.7 Å². The molecule has 0 spiro atoms. The molecule has 1 aliphatic heterocycles. The van der Waals surface area contributed by atoms with E-state index in [1.165, 1.54) is 12.1 Å². The topological polar surface area (TPSA) is 58.6 Å². The van der Waals surface area contributed by atoms with Crippen molar-refractivity contribution in [2.75, 3.05) is 20.2 Å². The third-order valence-corrected chi connectivity index (χ3v) is 4.93. The van der Waals surface area contributed by atoms with Crippen molar-refractivity contribution in [1.82, 2.24) is 10.2 Å². The smallest absolute Gasteiger partial charge is 0.416 e. The Hall–Kier alpha value is -3.03. The molecule has 0 bridgehead atoms. The lowest BCUT2D eigenvalue weighted by Gasteiger charge is -2.32. The van der Waals surface area contributed by atoms with Crippen LogP contribution in [0.25, 0.3) is 0 Å². The Morgan fingerprint density at radius 1 is 0.966 bits per heavy atom. The Balaban J connectivity index is 1.52. The molecule has 0 aromatic heterocycles. The maximum absolute atomic E-state index is 12.6. The highest BCUT2D eigenvalue weighted by Crippen LogP contribution is 2.29. The summed E-state index contributed by atoms with van der Waals surface area (Å²) >= 11 is 0. The highest BCUT2D eigenvalue weighted by Gasteiger charge is 2.30. The van der Waals surface area contributed by atoms with Crippen molar-refractivity contribution >= 4 is 11.8 Å². The molecular weight excluding hydrogens is 385 g/mol. The quantitative estimate of drug-likeness (QED) is 0.842. The van der Waals surface area contributed by atoms with Gasteiger partial charge in [-0.1, -0.05) is 0 Å². The van der Waals surface area contributed by atoms with Crippen molar-refractivity contribution in [2.24, 2.45) is 0 Å². The molecule has 0 unspecified atom stereocenters. The third-order valence-electron chi connectivity index (χ3n) is 4.93. The van der Waals surface area contributed by atoms with Gasteiger partial charge in [0.2, 0.25) is 0 Å². The minimum atomic E-state index is -4.43. The number of benzene rings is 2. The first-order valence-electron chi connectivity index (χ1n) is 9.19. The van der Waals surface area contributed by atoms with E-state index in [4.69, 9.17) is 4.74 Å². The summed E-state index contributed by atoms with van der Waals surface area (Å²) in [6, 6.07) is 10.9. The Labute approximate surface area is 166 Å². The van der Waals surface area contributed by atoms with Crippen LogP contribution in [0.5, 0.6) is 5.75 Å². The number of nitrogens with one attached hydrogen (secondary N) is 1. The lowest BCUT2D eigenvalue weighted by molar-refractivity contribution is -0.137. The van der Waals surface area contributed by atoms with E-state index in [1.807, 2.05) is 0 Å². The summed E-state index contributed by atoms with van der Waals surface area (Å²) in [7, 11) is 1.56. The van der Waals surface area contributed by atoms with Crippen molar-refractivity contribution in [3.8, 4) is 5.75 Å². The van der Waals surface area contributed by atoms with Gasteiger partial charge in [0, 0.05) is 30.3 Å². The maximum atomic E-state index is 12.6. The summed E-state index contributed by atoms with van der Waals surface area (Å²) in [6.07, 6.45) is -3.28. The number of carbonyl (C=O) groups excluding carboxylic acids is 2. The van der Waals surface area contributed by atoms with Crippen LogP contribution in [0, 0.1) is 0 Å². The summed E-state index contributed by atoms with van der Waals surface area (Å²) in [4.78, 5) is 26.6. The average Bonchev–Trinajstić information content (AvgIpc) is 2.73. The fourth-order valence-corrected chi connectivity index (χ4v) is 3.22. The molecule has 29 heavy (non-hydrogen) atoms. The van der Waals surface area contributed by atoms with Gasteiger partial charge in [0.15, 0.2) is 0 Å². The number of hydrogen-bond donors (Lipinski definition) is 1. The first-order chi connectivity index (χ1) is 13.8. The molecule has 5 nitrogen and oxygen atoms in total. The molecule has 2 aromatic rings. The molecule has 0 aliphatic carbocycles. The first kappa shape index (κ1) is 20.7. The predicted octanol–water partition coefficient (Wildman–Crippen LogP) is 3.75. The number of carbonyl (C=O) groups is 2. The van der Waals surface area contributed by atoms with Crippen molar-refractivity contribution in [3.63, 3.8) is 0 Å². The molecule has 0 atom stereocenters. The molecular formula is C21H21F3N2O3. The molecule has 1 N–H and O–H groups in total. The normalized spacial score (nSPS) is 15.1. The van der Waals surface area contributed by atoms with Crippen LogP contribution in [0.15, 0.2) is 48.5 Å². The predicted molar refractivity (Wildman–Crippen MR) is 101 cm³/mol. The van der Waals surface area contributed by atoms with E-state index in [9.17, 15) is 22.8 Å². The highest BCUT2D eigenvalue weighted by atomic mass is 19.4. The number of halogens is 3. The number of amides is 2. The third kappa shape index (κ3) is 5.07. The minimum Gasteiger partial charge on any atom is -0.497 e. The van der Waals surface area contributed by atoms with E-state index >= 15 is 0 Å². The summed E-state index contributed by atoms with van der Waals surface area (Å²) in [5.41, 5.74) is -0.0489. The standard InChI is InChI=1S/C21H21F3N2O3/c1-29-18-8-4-15(5-9-18)20(28)26-12-10-17(11-13-26)25-19(27)14-2-6-16(7-3-14)21(22,23)24/h2-9,17H,10-13H2,1H3,(H,25,27). The van der Waals surface area contributed by atoms with E-state index in [0.29, 0.717) is 37.2 Å². The summed E-state index contributed by atoms with van der Waals surface area (Å²) in [5, 5.41) is 2.83. The molecule has 154 valence electrons. The Kier molecular flexibility index (Phi) is 6.10. The molecule has 3 rings (SSSR count). The van der Waals surface area contributed by atoms with Crippen molar-refractivity contribution in [1.29, 1.82) is 0 Å². The first-order valence-corrected chi connectivity index (χ1v) is 9.19. The van der Waals surface area contributed by atoms with E-state index in [0.717, 1.165) is 12.1 Å². The average molecular weight is 406 g/mol. The molecule has 2 aromatic carbocycles. The fourth-order valence-electron chi connectivity index (χ4n) is 3.22. The molecule has 1 aliphatic rings. The second-order valence-electron chi connectivity index (χ2n) is 6.84. The molecule has 1 fully saturated rings. The van der Waals surface area contributed by atoms with Gasteiger partial charge in [-0.2, -0.15) is 13.2 Å². The Morgan fingerprint density at radius 2 is 1.52 bits per heavy atom. The lowest BCUT2D eigenvalue weighted by Crippen LogP contribution is -2.46. The van der Waals surface area contributed by atoms with Gasteiger partial charge in [-0.3, -0.25) is 9.59 Å². The van der Waals surface area contributed by atoms with Gasteiger partial charge in [-0.15, -0.1) is 0 Å². The molecule has 0 saturated carbocycles. The zero-order valence-corrected chi connectivity index (χ0v) is 15.8. The van der Waals surface area contributed by atoms with Crippen molar-refractivity contribution < 1.29 is 27.5 Å². The second kappa shape index (κ2) is 8.55. The van der Waals surface area contributed by atoms with Gasteiger partial charge in [-0.05, 0) is 61.4 Å². The van der Waals surface area contributed by atoms with Crippen LogP contribution in [-0.4, -0.2) is 43.0 Å². The zero-order chi connectivity index (χ0) is 21.0. The number of piperidine rings is 1. The van der Waals surface area contributed by atoms with Crippen LogP contribution in [0.1, 0.15) is 39.1 Å². The van der Waals surface area contributed by atoms with E-state index in [1.54, 1.807) is 36.3 Å². The molecule has 1 heterocycles. The van der Waals surface area contributed by atoms with Crippen LogP contribution >= 0.6 is 0 Å². The van der Waals surface area contributed by atoms with Gasteiger partial charge >= 0.3 is 6.18 Å². The second-order valence-corrected chi connectivity index (χ2v) is 6.84. The van der Waals surface area contributed by atoms with E-state index < -0.39 is 17.6 Å². The number of nitrogens with zero attached hydrogens (tertiary/aromatic N) is 1. The van der Waals surface area contributed by atoms with Crippen LogP contribution in [0.2, 0.25) is 0 Å². The lowest BCUT2D eigenvalue weighted by atomic mass is 10.0. The van der Waals surface area contributed by atoms with Crippen molar-refractivity contribution in [2.45, 2.75) is 25.1 Å². The van der Waals surface area contributed by atoms with Gasteiger partial charge in [0.1, 0.15) is 5.75 Å². The zero-order valence-electron chi connectivity index (χ0n) is 15.8. The van der Waals surface area contributed by atoms with Crippen LogP contribution in [0.4, 0.5) is 13.2 Å².